The number of para-hydroxylation sites is 1. The van der Waals surface area contributed by atoms with Gasteiger partial charge in [-0.2, -0.15) is 0 Å². The van der Waals surface area contributed by atoms with Crippen molar-refractivity contribution in [3.8, 4) is 5.75 Å². The van der Waals surface area contributed by atoms with Gasteiger partial charge >= 0.3 is 0 Å². The maximum Gasteiger partial charge on any atom is 0.262 e. The zero-order chi connectivity index (χ0) is 21.4. The summed E-state index contributed by atoms with van der Waals surface area (Å²) in [7, 11) is 1.61. The highest BCUT2D eigenvalue weighted by atomic mass is 16.7. The summed E-state index contributed by atoms with van der Waals surface area (Å²) in [6.45, 7) is 0.246. The Bertz CT molecular complexity index is 1090. The Labute approximate surface area is 180 Å². The van der Waals surface area contributed by atoms with Crippen molar-refractivity contribution in [1.82, 2.24) is 4.90 Å². The molecule has 2 aliphatic rings. The Morgan fingerprint density at radius 3 is 2.13 bits per heavy atom. The monoisotopic (exact) mass is 414 g/mol. The van der Waals surface area contributed by atoms with Gasteiger partial charge in [-0.15, -0.1) is 0 Å². The highest BCUT2D eigenvalue weighted by Crippen LogP contribution is 2.47. The van der Waals surface area contributed by atoms with Crippen molar-refractivity contribution in [2.75, 3.05) is 12.2 Å². The number of benzene rings is 3. The normalized spacial score (nSPS) is 22.7. The largest absolute Gasteiger partial charge is 0.497 e. The van der Waals surface area contributed by atoms with E-state index < -0.39 is 18.1 Å². The lowest BCUT2D eigenvalue weighted by Gasteiger charge is -2.28. The molecule has 3 atom stereocenters. The molecular formula is C25H22N2O4. The van der Waals surface area contributed by atoms with Gasteiger partial charge in [-0.25, -0.2) is 5.06 Å². The molecule has 5 rings (SSSR count). The standard InChI is InChI=1S/C25H22N2O4/c1-30-20-14-12-18(13-15-20)22-21-23(31-27(22)19-10-6-3-7-11-19)25(29)26(24(21)28)16-17-8-4-2-5-9-17/h2-15,21-23H,16H2,1H3/t21-,22-,23-/m0/s1. The minimum absolute atomic E-state index is 0.210. The van der Waals surface area contributed by atoms with E-state index in [4.69, 9.17) is 9.57 Å². The van der Waals surface area contributed by atoms with Gasteiger partial charge in [0.2, 0.25) is 5.91 Å². The number of hydroxylamine groups is 1. The molecule has 0 aromatic heterocycles. The second-order valence-corrected chi connectivity index (χ2v) is 7.68. The van der Waals surface area contributed by atoms with E-state index >= 15 is 0 Å². The van der Waals surface area contributed by atoms with E-state index in [2.05, 4.69) is 0 Å². The van der Waals surface area contributed by atoms with E-state index in [1.807, 2.05) is 84.9 Å². The quantitative estimate of drug-likeness (QED) is 0.596. The molecule has 3 aromatic carbocycles. The number of carbonyl (C=O) groups excluding carboxylic acids is 2. The Morgan fingerprint density at radius 1 is 0.839 bits per heavy atom. The van der Waals surface area contributed by atoms with Gasteiger partial charge in [-0.1, -0.05) is 60.7 Å². The van der Waals surface area contributed by atoms with Gasteiger partial charge in [0.25, 0.3) is 5.91 Å². The van der Waals surface area contributed by atoms with Crippen LogP contribution >= 0.6 is 0 Å². The number of ether oxygens (including phenoxy) is 1. The van der Waals surface area contributed by atoms with E-state index in [1.165, 1.54) is 4.90 Å². The summed E-state index contributed by atoms with van der Waals surface area (Å²) in [5.74, 6) is -0.399. The minimum Gasteiger partial charge on any atom is -0.497 e. The van der Waals surface area contributed by atoms with Crippen LogP contribution in [0.25, 0.3) is 0 Å². The van der Waals surface area contributed by atoms with Crippen molar-refractivity contribution in [2.45, 2.75) is 18.7 Å². The average molecular weight is 414 g/mol. The summed E-state index contributed by atoms with van der Waals surface area (Å²) >= 11 is 0. The number of nitrogens with zero attached hydrogens (tertiary/aromatic N) is 2. The summed E-state index contributed by atoms with van der Waals surface area (Å²) in [6, 6.07) is 26.2. The predicted molar refractivity (Wildman–Crippen MR) is 115 cm³/mol. The first-order chi connectivity index (χ1) is 15.2. The van der Waals surface area contributed by atoms with Gasteiger partial charge in [0.15, 0.2) is 6.10 Å². The second-order valence-electron chi connectivity index (χ2n) is 7.68. The number of fused-ring (bicyclic) bond motifs is 1. The maximum absolute atomic E-state index is 13.5. The van der Waals surface area contributed by atoms with Crippen LogP contribution < -0.4 is 9.80 Å². The third-order valence-corrected chi connectivity index (χ3v) is 5.86. The molecule has 2 aliphatic heterocycles. The lowest BCUT2D eigenvalue weighted by atomic mass is 9.90. The predicted octanol–water partition coefficient (Wildman–Crippen LogP) is 3.74. The number of anilines is 1. The molecular weight excluding hydrogens is 392 g/mol. The Hall–Kier alpha value is -3.64. The zero-order valence-corrected chi connectivity index (χ0v) is 17.0. The Kier molecular flexibility index (Phi) is 4.92. The minimum atomic E-state index is -0.844. The number of methoxy groups -OCH3 is 1. The van der Waals surface area contributed by atoms with Crippen molar-refractivity contribution in [3.63, 3.8) is 0 Å². The first-order valence-corrected chi connectivity index (χ1v) is 10.2. The number of likely N-dealkylation sites (tertiary alicyclic amines) is 1. The van der Waals surface area contributed by atoms with Crippen molar-refractivity contribution < 1.29 is 19.2 Å². The molecule has 2 amide bonds. The van der Waals surface area contributed by atoms with E-state index in [0.29, 0.717) is 0 Å². The van der Waals surface area contributed by atoms with Crippen LogP contribution in [0.1, 0.15) is 17.2 Å². The number of hydrogen-bond acceptors (Lipinski definition) is 5. The number of hydrogen-bond donors (Lipinski definition) is 0. The van der Waals surface area contributed by atoms with Crippen LogP contribution in [0.15, 0.2) is 84.9 Å². The molecule has 0 N–H and O–H groups in total. The van der Waals surface area contributed by atoms with Crippen LogP contribution in [0.3, 0.4) is 0 Å². The van der Waals surface area contributed by atoms with E-state index in [0.717, 1.165) is 22.6 Å². The molecule has 31 heavy (non-hydrogen) atoms. The van der Waals surface area contributed by atoms with Gasteiger partial charge in [-0.3, -0.25) is 19.3 Å². The first kappa shape index (κ1) is 19.3. The van der Waals surface area contributed by atoms with Crippen molar-refractivity contribution in [2.24, 2.45) is 5.92 Å². The number of carbonyl (C=O) groups is 2. The molecule has 0 unspecified atom stereocenters. The van der Waals surface area contributed by atoms with Gasteiger partial charge in [-0.05, 0) is 35.4 Å². The molecule has 2 heterocycles. The lowest BCUT2D eigenvalue weighted by Crippen LogP contribution is -2.36. The molecule has 0 radical (unpaired) electrons. The number of amides is 2. The topological polar surface area (TPSA) is 59.1 Å². The summed E-state index contributed by atoms with van der Waals surface area (Å²) < 4.78 is 5.28. The van der Waals surface area contributed by atoms with Gasteiger partial charge in [0, 0.05) is 0 Å². The average Bonchev–Trinajstić information content (AvgIpc) is 3.32. The third-order valence-electron chi connectivity index (χ3n) is 5.86. The summed E-state index contributed by atoms with van der Waals surface area (Å²) in [5, 5.41) is 1.70. The Morgan fingerprint density at radius 2 is 1.48 bits per heavy atom. The summed E-state index contributed by atoms with van der Waals surface area (Å²) in [6.07, 6.45) is -0.844. The van der Waals surface area contributed by atoms with E-state index in [1.54, 1.807) is 12.2 Å². The molecule has 0 bridgehead atoms. The summed E-state index contributed by atoms with van der Waals surface area (Å²) in [4.78, 5) is 34.1. The van der Waals surface area contributed by atoms with Crippen LogP contribution in [0.5, 0.6) is 5.75 Å². The van der Waals surface area contributed by atoms with Gasteiger partial charge < -0.3 is 4.74 Å². The molecule has 0 spiro atoms. The van der Waals surface area contributed by atoms with E-state index in [-0.39, 0.29) is 18.4 Å². The van der Waals surface area contributed by atoms with Crippen LogP contribution in [0.2, 0.25) is 0 Å². The molecule has 156 valence electrons. The van der Waals surface area contributed by atoms with Crippen LogP contribution in [0, 0.1) is 5.92 Å². The lowest BCUT2D eigenvalue weighted by molar-refractivity contribution is -0.143. The zero-order valence-electron chi connectivity index (χ0n) is 17.0. The second kappa shape index (κ2) is 7.89. The smallest absolute Gasteiger partial charge is 0.262 e. The number of rotatable bonds is 5. The summed E-state index contributed by atoms with van der Waals surface area (Å²) in [5.41, 5.74) is 2.60. The SMILES string of the molecule is COc1ccc([C@H]2[C@@H]3C(=O)N(Cc4ccccc4)C(=O)[C@H]3ON2c2ccccc2)cc1. The Balaban J connectivity index is 1.52. The van der Waals surface area contributed by atoms with Gasteiger partial charge in [0.05, 0.1) is 25.4 Å². The molecule has 3 aromatic rings. The highest BCUT2D eigenvalue weighted by molar-refractivity contribution is 6.07. The molecule has 6 heteroatoms. The highest BCUT2D eigenvalue weighted by Gasteiger charge is 2.59. The molecule has 0 aliphatic carbocycles. The first-order valence-electron chi connectivity index (χ1n) is 10.2. The van der Waals surface area contributed by atoms with Crippen LogP contribution in [-0.4, -0.2) is 29.9 Å². The maximum atomic E-state index is 13.5. The molecule has 2 saturated heterocycles. The number of imide groups is 1. The van der Waals surface area contributed by atoms with Crippen molar-refractivity contribution in [3.05, 3.63) is 96.1 Å². The fraction of sp³-hybridized carbons (Fsp3) is 0.200. The van der Waals surface area contributed by atoms with Crippen LogP contribution in [0.4, 0.5) is 5.69 Å². The van der Waals surface area contributed by atoms with Crippen LogP contribution in [-0.2, 0) is 21.0 Å². The van der Waals surface area contributed by atoms with Gasteiger partial charge in [0.1, 0.15) is 11.7 Å². The molecule has 2 fully saturated rings. The third kappa shape index (κ3) is 3.35. The molecule has 0 saturated carbocycles. The van der Waals surface area contributed by atoms with Crippen molar-refractivity contribution >= 4 is 17.5 Å². The van der Waals surface area contributed by atoms with E-state index in [9.17, 15) is 9.59 Å². The fourth-order valence-corrected chi connectivity index (χ4v) is 4.33. The van der Waals surface area contributed by atoms with Crippen molar-refractivity contribution in [1.29, 1.82) is 0 Å². The molecule has 6 nitrogen and oxygen atoms in total. The fourth-order valence-electron chi connectivity index (χ4n) is 4.33.